The predicted molar refractivity (Wildman–Crippen MR) is 133 cm³/mol. The molecule has 7 nitrogen and oxygen atoms in total. The molecular weight excluding hydrogens is 438 g/mol. The van der Waals surface area contributed by atoms with Crippen molar-refractivity contribution >= 4 is 29.5 Å². The third-order valence-corrected chi connectivity index (χ3v) is 4.80. The molecule has 172 valence electrons. The number of imidazole rings is 1. The average Bonchev–Trinajstić information content (AvgIpc) is 3.16. The lowest BCUT2D eigenvalue weighted by Crippen LogP contribution is -2.50. The largest absolute Gasteiger partial charge is 0.333 e. The molecule has 3 aromatic rings. The summed E-state index contributed by atoms with van der Waals surface area (Å²) in [5.41, 5.74) is 1.92. The number of urea groups is 1. The highest BCUT2D eigenvalue weighted by atomic mass is 35.5. The van der Waals surface area contributed by atoms with Crippen LogP contribution >= 0.6 is 11.6 Å². The fourth-order valence-electron chi connectivity index (χ4n) is 3.15. The molecule has 33 heavy (non-hydrogen) atoms. The highest BCUT2D eigenvalue weighted by molar-refractivity contribution is 6.30. The van der Waals surface area contributed by atoms with Gasteiger partial charge in [-0.05, 0) is 39.0 Å². The Hall–Kier alpha value is -3.58. The van der Waals surface area contributed by atoms with E-state index in [1.165, 1.54) is 4.90 Å². The van der Waals surface area contributed by atoms with Gasteiger partial charge in [-0.15, -0.1) is 6.58 Å². The molecule has 0 atom stereocenters. The van der Waals surface area contributed by atoms with Gasteiger partial charge in [0.15, 0.2) is 0 Å². The number of hydrogen-bond donors (Lipinski definition) is 2. The zero-order valence-electron chi connectivity index (χ0n) is 19.0. The maximum atomic E-state index is 12.9. The first-order valence-electron chi connectivity index (χ1n) is 10.5. The number of nitrogens with zero attached hydrogens (tertiary/aromatic N) is 3. The fourth-order valence-corrected chi connectivity index (χ4v) is 3.34. The molecule has 2 N–H and O–H groups in total. The van der Waals surface area contributed by atoms with Crippen molar-refractivity contribution in [2.45, 2.75) is 26.3 Å². The molecule has 0 aliphatic rings. The third-order valence-electron chi connectivity index (χ3n) is 4.57. The van der Waals surface area contributed by atoms with Gasteiger partial charge in [0.1, 0.15) is 6.54 Å². The van der Waals surface area contributed by atoms with Crippen LogP contribution in [0.15, 0.2) is 73.4 Å². The van der Waals surface area contributed by atoms with Crippen LogP contribution < -0.4 is 10.6 Å². The number of aromatic nitrogens is 2. The SMILES string of the molecule is C=CCN(CC(=O)Nc1nc(-c2ccccc2)cn1-c1cccc(Cl)c1)C(=O)NC(C)(C)C. The normalized spacial score (nSPS) is 11.0. The van der Waals surface area contributed by atoms with Crippen LogP contribution in [0.3, 0.4) is 0 Å². The van der Waals surface area contributed by atoms with Gasteiger partial charge in [0, 0.05) is 34.6 Å². The molecule has 3 amide bonds. The smallest absolute Gasteiger partial charge is 0.318 e. The Morgan fingerprint density at radius 1 is 1.15 bits per heavy atom. The molecule has 1 heterocycles. The minimum atomic E-state index is -0.430. The van der Waals surface area contributed by atoms with Crippen LogP contribution in [0.2, 0.25) is 5.02 Å². The summed E-state index contributed by atoms with van der Waals surface area (Å²) in [5.74, 6) is -0.0506. The van der Waals surface area contributed by atoms with Crippen molar-refractivity contribution < 1.29 is 9.59 Å². The summed E-state index contributed by atoms with van der Waals surface area (Å²) in [6.45, 7) is 9.40. The van der Waals surface area contributed by atoms with Crippen LogP contribution in [-0.2, 0) is 4.79 Å². The van der Waals surface area contributed by atoms with Crippen molar-refractivity contribution in [3.8, 4) is 16.9 Å². The summed E-state index contributed by atoms with van der Waals surface area (Å²) >= 11 is 6.19. The monoisotopic (exact) mass is 465 g/mol. The molecule has 0 fully saturated rings. The molecule has 0 saturated heterocycles. The van der Waals surface area contributed by atoms with Gasteiger partial charge < -0.3 is 10.2 Å². The molecule has 0 saturated carbocycles. The van der Waals surface area contributed by atoms with Gasteiger partial charge >= 0.3 is 6.03 Å². The molecular formula is C25H28ClN5O2. The fraction of sp³-hybridized carbons (Fsp3) is 0.240. The number of benzene rings is 2. The number of nitrogens with one attached hydrogen (secondary N) is 2. The second-order valence-electron chi connectivity index (χ2n) is 8.56. The first-order valence-corrected chi connectivity index (χ1v) is 10.9. The van der Waals surface area contributed by atoms with Crippen LogP contribution in [0.1, 0.15) is 20.8 Å². The zero-order chi connectivity index (χ0) is 24.0. The summed E-state index contributed by atoms with van der Waals surface area (Å²) in [6.07, 6.45) is 3.42. The Morgan fingerprint density at radius 3 is 2.52 bits per heavy atom. The van der Waals surface area contributed by atoms with E-state index in [1.54, 1.807) is 22.8 Å². The highest BCUT2D eigenvalue weighted by Crippen LogP contribution is 2.25. The molecule has 3 rings (SSSR count). The van der Waals surface area contributed by atoms with Gasteiger partial charge in [0.2, 0.25) is 11.9 Å². The van der Waals surface area contributed by atoms with E-state index in [0.717, 1.165) is 11.3 Å². The van der Waals surface area contributed by atoms with Crippen molar-refractivity contribution in [2.75, 3.05) is 18.4 Å². The maximum absolute atomic E-state index is 12.9. The summed E-state index contributed by atoms with van der Waals surface area (Å²) < 4.78 is 1.76. The quantitative estimate of drug-likeness (QED) is 0.475. The Labute approximate surface area is 199 Å². The molecule has 0 aliphatic carbocycles. The van der Waals surface area contributed by atoms with E-state index < -0.39 is 5.54 Å². The minimum absolute atomic E-state index is 0.156. The first kappa shape index (κ1) is 24.1. The van der Waals surface area contributed by atoms with Crippen LogP contribution in [0.4, 0.5) is 10.7 Å². The number of carbonyl (C=O) groups is 2. The standard InChI is InChI=1S/C25H28ClN5O2/c1-5-14-30(24(33)29-25(2,3)4)17-22(32)28-23-27-21(18-10-7-6-8-11-18)16-31(23)20-13-9-12-19(26)15-20/h5-13,15-16H,1,14,17H2,2-4H3,(H,29,33)(H,27,28,32). The van der Waals surface area contributed by atoms with E-state index in [0.29, 0.717) is 16.7 Å². The van der Waals surface area contributed by atoms with E-state index in [2.05, 4.69) is 22.2 Å². The van der Waals surface area contributed by atoms with Crippen molar-refractivity contribution in [1.82, 2.24) is 19.8 Å². The van der Waals surface area contributed by atoms with Gasteiger partial charge in [0.25, 0.3) is 0 Å². The van der Waals surface area contributed by atoms with Crippen molar-refractivity contribution in [2.24, 2.45) is 0 Å². The van der Waals surface area contributed by atoms with Gasteiger partial charge in [-0.3, -0.25) is 14.7 Å². The number of rotatable bonds is 7. The number of anilines is 1. The van der Waals surface area contributed by atoms with Gasteiger partial charge in [-0.25, -0.2) is 9.78 Å². The van der Waals surface area contributed by atoms with Crippen LogP contribution in [-0.4, -0.2) is 45.0 Å². The van der Waals surface area contributed by atoms with Crippen LogP contribution in [0, 0.1) is 0 Å². The topological polar surface area (TPSA) is 79.3 Å². The number of halogens is 1. The van der Waals surface area contributed by atoms with Gasteiger partial charge in [-0.1, -0.05) is 54.1 Å². The summed E-state index contributed by atoms with van der Waals surface area (Å²) in [6, 6.07) is 16.6. The maximum Gasteiger partial charge on any atom is 0.318 e. The minimum Gasteiger partial charge on any atom is -0.333 e. The Morgan fingerprint density at radius 2 is 1.88 bits per heavy atom. The number of amides is 3. The molecule has 0 unspecified atom stereocenters. The molecule has 8 heteroatoms. The second kappa shape index (κ2) is 10.4. The Bertz CT molecular complexity index is 1140. The summed E-state index contributed by atoms with van der Waals surface area (Å²) in [5, 5.41) is 6.27. The Balaban J connectivity index is 1.88. The second-order valence-corrected chi connectivity index (χ2v) is 9.00. The Kier molecular flexibility index (Phi) is 7.55. The molecule has 0 spiro atoms. The predicted octanol–water partition coefficient (Wildman–Crippen LogP) is 5.13. The van der Waals surface area contributed by atoms with Crippen LogP contribution in [0.25, 0.3) is 16.9 Å². The summed E-state index contributed by atoms with van der Waals surface area (Å²) in [4.78, 5) is 31.5. The summed E-state index contributed by atoms with van der Waals surface area (Å²) in [7, 11) is 0. The van der Waals surface area contributed by atoms with Gasteiger partial charge in [0.05, 0.1) is 5.69 Å². The molecule has 2 aromatic carbocycles. The third kappa shape index (κ3) is 6.70. The van der Waals surface area contributed by atoms with Crippen molar-refractivity contribution in [1.29, 1.82) is 0 Å². The van der Waals surface area contributed by atoms with Crippen molar-refractivity contribution in [3.05, 3.63) is 78.5 Å². The van der Waals surface area contributed by atoms with E-state index in [1.807, 2.05) is 69.4 Å². The van der Waals surface area contributed by atoms with E-state index in [4.69, 9.17) is 11.6 Å². The molecule has 1 aromatic heterocycles. The zero-order valence-corrected chi connectivity index (χ0v) is 19.8. The molecule has 0 radical (unpaired) electrons. The molecule has 0 aliphatic heterocycles. The number of hydrogen-bond acceptors (Lipinski definition) is 3. The number of carbonyl (C=O) groups excluding carboxylic acids is 2. The first-order chi connectivity index (χ1) is 15.7. The van der Waals surface area contributed by atoms with Gasteiger partial charge in [-0.2, -0.15) is 0 Å². The lowest BCUT2D eigenvalue weighted by molar-refractivity contribution is -0.116. The molecule has 0 bridgehead atoms. The highest BCUT2D eigenvalue weighted by Gasteiger charge is 2.22. The van der Waals surface area contributed by atoms with E-state index >= 15 is 0 Å². The van der Waals surface area contributed by atoms with E-state index in [9.17, 15) is 9.59 Å². The lowest BCUT2D eigenvalue weighted by Gasteiger charge is -2.27. The van der Waals surface area contributed by atoms with Crippen molar-refractivity contribution in [3.63, 3.8) is 0 Å². The lowest BCUT2D eigenvalue weighted by atomic mass is 10.1. The average molecular weight is 466 g/mol. The van der Waals surface area contributed by atoms with Crippen LogP contribution in [0.5, 0.6) is 0 Å². The van der Waals surface area contributed by atoms with E-state index in [-0.39, 0.29) is 25.0 Å².